The molecule has 6 heteroatoms. The highest BCUT2D eigenvalue weighted by molar-refractivity contribution is 7.98. The number of nitrogens with zero attached hydrogens (tertiary/aromatic N) is 1. The third-order valence-corrected chi connectivity index (χ3v) is 5.36. The van der Waals surface area contributed by atoms with Crippen LogP contribution in [0.15, 0.2) is 58.3 Å². The number of amides is 1. The Hall–Kier alpha value is -1.63. The second-order valence-electron chi connectivity index (χ2n) is 5.28. The monoisotopic (exact) mass is 346 g/mol. The Morgan fingerprint density at radius 2 is 1.74 bits per heavy atom. The number of aromatic hydroxyl groups is 1. The zero-order valence-corrected chi connectivity index (χ0v) is 14.2. The van der Waals surface area contributed by atoms with Crippen molar-refractivity contribution in [2.75, 3.05) is 13.1 Å². The number of nitrogens with one attached hydrogen (secondary N) is 1. The van der Waals surface area contributed by atoms with Crippen LogP contribution >= 0.6 is 23.9 Å². The molecule has 0 unspecified atom stereocenters. The van der Waals surface area contributed by atoms with Crippen LogP contribution in [0.4, 0.5) is 0 Å². The number of carbonyl (C=O) groups is 1. The van der Waals surface area contributed by atoms with Gasteiger partial charge in [-0.3, -0.25) is 9.52 Å². The molecule has 0 aromatic heterocycles. The fourth-order valence-electron chi connectivity index (χ4n) is 2.30. The van der Waals surface area contributed by atoms with Crippen molar-refractivity contribution in [3.63, 3.8) is 0 Å². The van der Waals surface area contributed by atoms with Crippen LogP contribution in [0.2, 0.25) is 0 Å². The second-order valence-corrected chi connectivity index (χ2v) is 7.33. The molecule has 0 spiro atoms. The highest BCUT2D eigenvalue weighted by atomic mass is 32.2. The summed E-state index contributed by atoms with van der Waals surface area (Å²) in [5.74, 6) is -0.0200. The van der Waals surface area contributed by atoms with Gasteiger partial charge in [0, 0.05) is 28.4 Å². The molecule has 0 atom stereocenters. The van der Waals surface area contributed by atoms with Crippen LogP contribution in [-0.4, -0.2) is 28.4 Å². The fourth-order valence-corrected chi connectivity index (χ4v) is 4.09. The minimum atomic E-state index is -0.174. The Labute approximate surface area is 144 Å². The minimum absolute atomic E-state index is 0.154. The number of hydrogen-bond donors (Lipinski definition) is 2. The maximum atomic E-state index is 12.1. The molecule has 4 nitrogen and oxygen atoms in total. The van der Waals surface area contributed by atoms with E-state index in [0.29, 0.717) is 5.56 Å². The first-order valence-electron chi connectivity index (χ1n) is 7.50. The summed E-state index contributed by atoms with van der Waals surface area (Å²) < 4.78 is 5.20. The van der Waals surface area contributed by atoms with Crippen LogP contribution in [0.5, 0.6) is 5.75 Å². The van der Waals surface area contributed by atoms with E-state index in [2.05, 4.69) is 21.2 Å². The zero-order chi connectivity index (χ0) is 16.1. The van der Waals surface area contributed by atoms with Crippen LogP contribution in [0.1, 0.15) is 23.2 Å². The number of hydrogen-bond acceptors (Lipinski definition) is 5. The largest absolute Gasteiger partial charge is 0.508 e. The summed E-state index contributed by atoms with van der Waals surface area (Å²) >= 11 is 3.08. The Bertz CT molecular complexity index is 671. The van der Waals surface area contributed by atoms with Crippen molar-refractivity contribution in [2.45, 2.75) is 22.6 Å². The second kappa shape index (κ2) is 7.77. The van der Waals surface area contributed by atoms with Crippen LogP contribution in [0, 0.1) is 0 Å². The Morgan fingerprint density at radius 3 is 2.48 bits per heavy atom. The van der Waals surface area contributed by atoms with Gasteiger partial charge in [0.05, 0.1) is 0 Å². The summed E-state index contributed by atoms with van der Waals surface area (Å²) in [4.78, 5) is 14.3. The van der Waals surface area contributed by atoms with Gasteiger partial charge in [-0.1, -0.05) is 6.07 Å². The van der Waals surface area contributed by atoms with E-state index in [1.165, 1.54) is 41.8 Å². The standard InChI is InChI=1S/C17H18N2O2S2/c20-14-8-6-13(7-9-14)17(21)18-22-15-4-3-5-16(12-15)23-19-10-1-2-11-19/h3-9,12,20H,1-2,10-11H2,(H,18,21). The topological polar surface area (TPSA) is 52.6 Å². The van der Waals surface area contributed by atoms with E-state index in [4.69, 9.17) is 0 Å². The number of phenols is 1. The molecule has 1 heterocycles. The summed E-state index contributed by atoms with van der Waals surface area (Å²) in [6, 6.07) is 14.4. The number of benzene rings is 2. The molecule has 1 aliphatic heterocycles. The van der Waals surface area contributed by atoms with Crippen LogP contribution in [-0.2, 0) is 0 Å². The van der Waals surface area contributed by atoms with Crippen molar-refractivity contribution in [2.24, 2.45) is 0 Å². The van der Waals surface area contributed by atoms with Crippen molar-refractivity contribution in [1.29, 1.82) is 0 Å². The molecule has 0 radical (unpaired) electrons. The maximum absolute atomic E-state index is 12.1. The smallest absolute Gasteiger partial charge is 0.261 e. The summed E-state index contributed by atoms with van der Waals surface area (Å²) in [5, 5.41) is 9.25. The van der Waals surface area contributed by atoms with Gasteiger partial charge in [-0.15, -0.1) is 0 Å². The molecule has 1 fully saturated rings. The third-order valence-electron chi connectivity index (χ3n) is 3.50. The van der Waals surface area contributed by atoms with E-state index in [9.17, 15) is 9.90 Å². The maximum Gasteiger partial charge on any atom is 0.261 e. The predicted molar refractivity (Wildman–Crippen MR) is 94.5 cm³/mol. The van der Waals surface area contributed by atoms with Crippen LogP contribution in [0.3, 0.4) is 0 Å². The van der Waals surface area contributed by atoms with Gasteiger partial charge in [-0.25, -0.2) is 4.31 Å². The Balaban J connectivity index is 1.57. The normalized spacial score (nSPS) is 14.8. The van der Waals surface area contributed by atoms with E-state index >= 15 is 0 Å². The van der Waals surface area contributed by atoms with Crippen LogP contribution < -0.4 is 4.72 Å². The predicted octanol–water partition coefficient (Wildman–Crippen LogP) is 3.93. The summed E-state index contributed by atoms with van der Waals surface area (Å²) in [6.07, 6.45) is 2.54. The lowest BCUT2D eigenvalue weighted by Crippen LogP contribution is -2.15. The van der Waals surface area contributed by atoms with Gasteiger partial charge in [0.2, 0.25) is 0 Å². The minimum Gasteiger partial charge on any atom is -0.508 e. The van der Waals surface area contributed by atoms with Gasteiger partial charge in [-0.2, -0.15) is 0 Å². The van der Waals surface area contributed by atoms with E-state index < -0.39 is 0 Å². The zero-order valence-electron chi connectivity index (χ0n) is 12.6. The molecule has 2 N–H and O–H groups in total. The first-order chi connectivity index (χ1) is 11.2. The van der Waals surface area contributed by atoms with Gasteiger partial charge in [-0.05, 0) is 79.2 Å². The van der Waals surface area contributed by atoms with E-state index in [1.54, 1.807) is 24.1 Å². The molecular weight excluding hydrogens is 328 g/mol. The summed E-state index contributed by atoms with van der Waals surface area (Å²) in [6.45, 7) is 2.28. The molecule has 1 amide bonds. The van der Waals surface area contributed by atoms with Gasteiger partial charge in [0.15, 0.2) is 0 Å². The molecule has 0 bridgehead atoms. The van der Waals surface area contributed by atoms with Crippen molar-refractivity contribution in [3.8, 4) is 5.75 Å². The van der Waals surface area contributed by atoms with Crippen molar-refractivity contribution in [1.82, 2.24) is 9.03 Å². The summed E-state index contributed by atoms with van der Waals surface area (Å²) in [7, 11) is 0. The Morgan fingerprint density at radius 1 is 1.04 bits per heavy atom. The molecule has 2 aromatic rings. The molecule has 23 heavy (non-hydrogen) atoms. The van der Waals surface area contributed by atoms with Gasteiger partial charge in [0.25, 0.3) is 5.91 Å². The molecule has 1 aliphatic rings. The van der Waals surface area contributed by atoms with Crippen molar-refractivity contribution >= 4 is 29.8 Å². The van der Waals surface area contributed by atoms with Gasteiger partial charge >= 0.3 is 0 Å². The molecule has 120 valence electrons. The quantitative estimate of drug-likeness (QED) is 0.804. The number of rotatable bonds is 5. The highest BCUT2D eigenvalue weighted by Gasteiger charge is 2.13. The average Bonchev–Trinajstić information content (AvgIpc) is 3.07. The molecule has 1 saturated heterocycles. The van der Waals surface area contributed by atoms with Crippen molar-refractivity contribution < 1.29 is 9.90 Å². The third kappa shape index (κ3) is 4.67. The molecule has 2 aromatic carbocycles. The lowest BCUT2D eigenvalue weighted by atomic mass is 10.2. The SMILES string of the molecule is O=C(NSc1cccc(SN2CCCC2)c1)c1ccc(O)cc1. The first kappa shape index (κ1) is 16.2. The fraction of sp³-hybridized carbons (Fsp3) is 0.235. The summed E-state index contributed by atoms with van der Waals surface area (Å²) in [5.41, 5.74) is 0.526. The first-order valence-corrected chi connectivity index (χ1v) is 9.09. The molecular formula is C17H18N2O2S2. The molecule has 0 aliphatic carbocycles. The van der Waals surface area contributed by atoms with Gasteiger partial charge < -0.3 is 5.11 Å². The van der Waals surface area contributed by atoms with Gasteiger partial charge in [0.1, 0.15) is 5.75 Å². The lowest BCUT2D eigenvalue weighted by molar-refractivity contribution is 0.0984. The number of phenolic OH excluding ortho intramolecular Hbond substituents is 1. The molecule has 3 rings (SSSR count). The van der Waals surface area contributed by atoms with E-state index in [0.717, 1.165) is 18.0 Å². The van der Waals surface area contributed by atoms with Crippen LogP contribution in [0.25, 0.3) is 0 Å². The number of carbonyl (C=O) groups excluding carboxylic acids is 1. The van der Waals surface area contributed by atoms with E-state index in [-0.39, 0.29) is 11.7 Å². The molecule has 0 saturated carbocycles. The average molecular weight is 346 g/mol. The highest BCUT2D eigenvalue weighted by Crippen LogP contribution is 2.29. The Kier molecular flexibility index (Phi) is 5.48. The lowest BCUT2D eigenvalue weighted by Gasteiger charge is -2.13. The van der Waals surface area contributed by atoms with Crippen molar-refractivity contribution in [3.05, 3.63) is 54.1 Å². The van der Waals surface area contributed by atoms with E-state index in [1.807, 2.05) is 12.1 Å².